The quantitative estimate of drug-likeness (QED) is 0.603. The van der Waals surface area contributed by atoms with Crippen LogP contribution in [-0.4, -0.2) is 25.0 Å². The molecule has 0 unspecified atom stereocenters. The van der Waals surface area contributed by atoms with Gasteiger partial charge in [0.2, 0.25) is 0 Å². The molecule has 3 aromatic rings. The molecule has 0 aliphatic rings. The molecule has 0 fully saturated rings. The van der Waals surface area contributed by atoms with E-state index < -0.39 is 0 Å². The van der Waals surface area contributed by atoms with Crippen LogP contribution in [0.25, 0.3) is 0 Å². The van der Waals surface area contributed by atoms with Crippen molar-refractivity contribution in [2.75, 3.05) is 14.2 Å². The minimum Gasteiger partial charge on any atom is -0.493 e. The van der Waals surface area contributed by atoms with E-state index in [0.29, 0.717) is 35.8 Å². The average molecular weight is 386 g/mol. The molecule has 5 heteroatoms. The smallest absolute Gasteiger partial charge is 0.253 e. The highest BCUT2D eigenvalue weighted by Crippen LogP contribution is 2.29. The first-order chi connectivity index (χ1) is 14.1. The second kappa shape index (κ2) is 9.43. The van der Waals surface area contributed by atoms with Crippen molar-refractivity contribution in [1.82, 2.24) is 4.90 Å². The zero-order chi connectivity index (χ0) is 20.6. The lowest BCUT2D eigenvalue weighted by Gasteiger charge is -2.19. The lowest BCUT2D eigenvalue weighted by Crippen LogP contribution is -2.26. The maximum Gasteiger partial charge on any atom is 0.253 e. The normalized spacial score (nSPS) is 10.1. The molecule has 0 aliphatic heterocycles. The van der Waals surface area contributed by atoms with E-state index in [9.17, 15) is 4.79 Å². The standard InChI is InChI=1S/C24H22N2O3/c1-26(24(27)21-10-6-9-19(13-21)15-25)16-20-11-12-22(23(14-20)28-2)29-17-18-7-4-3-5-8-18/h3-14H,16-17H2,1-2H3. The van der Waals surface area contributed by atoms with Crippen molar-refractivity contribution >= 4 is 5.91 Å². The summed E-state index contributed by atoms with van der Waals surface area (Å²) in [7, 11) is 3.32. The summed E-state index contributed by atoms with van der Waals surface area (Å²) in [5.74, 6) is 1.12. The number of hydrogen-bond acceptors (Lipinski definition) is 4. The Morgan fingerprint density at radius 1 is 0.966 bits per heavy atom. The first-order valence-corrected chi connectivity index (χ1v) is 9.20. The number of methoxy groups -OCH3 is 1. The Morgan fingerprint density at radius 2 is 1.76 bits per heavy atom. The number of ether oxygens (including phenoxy) is 2. The van der Waals surface area contributed by atoms with Gasteiger partial charge < -0.3 is 14.4 Å². The first-order valence-electron chi connectivity index (χ1n) is 9.20. The molecule has 0 saturated heterocycles. The van der Waals surface area contributed by atoms with E-state index in [-0.39, 0.29) is 5.91 Å². The molecule has 0 heterocycles. The van der Waals surface area contributed by atoms with Crippen LogP contribution >= 0.6 is 0 Å². The van der Waals surface area contributed by atoms with Crippen LogP contribution in [0.5, 0.6) is 11.5 Å². The van der Waals surface area contributed by atoms with Gasteiger partial charge in [-0.25, -0.2) is 0 Å². The number of nitrogens with zero attached hydrogens (tertiary/aromatic N) is 2. The van der Waals surface area contributed by atoms with E-state index in [1.807, 2.05) is 48.5 Å². The number of carbonyl (C=O) groups excluding carboxylic acids is 1. The Labute approximate surface area is 170 Å². The molecule has 0 spiro atoms. The van der Waals surface area contributed by atoms with Crippen LogP contribution in [-0.2, 0) is 13.2 Å². The van der Waals surface area contributed by atoms with Gasteiger partial charge in [-0.2, -0.15) is 5.26 Å². The van der Waals surface area contributed by atoms with Gasteiger partial charge in [-0.3, -0.25) is 4.79 Å². The first kappa shape index (κ1) is 20.0. The number of hydrogen-bond donors (Lipinski definition) is 0. The van der Waals surface area contributed by atoms with Crippen LogP contribution in [0.2, 0.25) is 0 Å². The van der Waals surface area contributed by atoms with Crippen molar-refractivity contribution < 1.29 is 14.3 Å². The lowest BCUT2D eigenvalue weighted by molar-refractivity contribution is 0.0785. The zero-order valence-electron chi connectivity index (χ0n) is 16.5. The molecular weight excluding hydrogens is 364 g/mol. The van der Waals surface area contributed by atoms with E-state index in [2.05, 4.69) is 6.07 Å². The highest BCUT2D eigenvalue weighted by Gasteiger charge is 2.14. The van der Waals surface area contributed by atoms with Gasteiger partial charge in [-0.1, -0.05) is 42.5 Å². The van der Waals surface area contributed by atoms with E-state index in [1.165, 1.54) is 0 Å². The summed E-state index contributed by atoms with van der Waals surface area (Å²) in [4.78, 5) is 14.3. The van der Waals surface area contributed by atoms with Gasteiger partial charge in [0, 0.05) is 19.2 Å². The Balaban J connectivity index is 1.69. The largest absolute Gasteiger partial charge is 0.493 e. The topological polar surface area (TPSA) is 62.6 Å². The van der Waals surface area contributed by atoms with E-state index in [1.54, 1.807) is 43.3 Å². The summed E-state index contributed by atoms with van der Waals surface area (Å²) in [6, 6.07) is 24.3. The van der Waals surface area contributed by atoms with E-state index in [4.69, 9.17) is 14.7 Å². The van der Waals surface area contributed by atoms with Crippen molar-refractivity contribution in [3.63, 3.8) is 0 Å². The van der Waals surface area contributed by atoms with Crippen LogP contribution in [0.4, 0.5) is 0 Å². The molecule has 1 amide bonds. The summed E-state index contributed by atoms with van der Waals surface area (Å²) in [6.45, 7) is 0.856. The van der Waals surface area contributed by atoms with Crippen LogP contribution in [0, 0.1) is 11.3 Å². The Bertz CT molecular complexity index is 1030. The number of carbonyl (C=O) groups is 1. The minimum absolute atomic E-state index is 0.148. The monoisotopic (exact) mass is 386 g/mol. The zero-order valence-corrected chi connectivity index (χ0v) is 16.5. The summed E-state index contributed by atoms with van der Waals surface area (Å²) in [5, 5.41) is 9.02. The van der Waals surface area contributed by atoms with Gasteiger partial charge in [0.05, 0.1) is 18.7 Å². The maximum atomic E-state index is 12.7. The Morgan fingerprint density at radius 3 is 2.48 bits per heavy atom. The summed E-state index contributed by atoms with van der Waals surface area (Å²) >= 11 is 0. The van der Waals surface area contributed by atoms with Crippen molar-refractivity contribution in [2.24, 2.45) is 0 Å². The van der Waals surface area contributed by atoms with Gasteiger partial charge in [0.25, 0.3) is 5.91 Å². The predicted octanol–water partition coefficient (Wildman–Crippen LogP) is 4.42. The molecule has 0 radical (unpaired) electrons. The van der Waals surface area contributed by atoms with Gasteiger partial charge in [-0.15, -0.1) is 0 Å². The maximum absolute atomic E-state index is 12.7. The molecule has 3 rings (SSSR count). The molecule has 0 bridgehead atoms. The molecule has 0 aromatic heterocycles. The highest BCUT2D eigenvalue weighted by molar-refractivity contribution is 5.94. The molecule has 29 heavy (non-hydrogen) atoms. The number of amides is 1. The van der Waals surface area contributed by atoms with Crippen molar-refractivity contribution in [3.8, 4) is 17.6 Å². The van der Waals surface area contributed by atoms with Crippen LogP contribution in [0.15, 0.2) is 72.8 Å². The van der Waals surface area contributed by atoms with Crippen LogP contribution in [0.1, 0.15) is 27.0 Å². The van der Waals surface area contributed by atoms with Crippen molar-refractivity contribution in [1.29, 1.82) is 5.26 Å². The number of nitriles is 1. The van der Waals surface area contributed by atoms with Crippen molar-refractivity contribution in [2.45, 2.75) is 13.2 Å². The fourth-order valence-corrected chi connectivity index (χ4v) is 2.95. The SMILES string of the molecule is COc1cc(CN(C)C(=O)c2cccc(C#N)c2)ccc1OCc1ccccc1. The Kier molecular flexibility index (Phi) is 6.49. The molecule has 0 aliphatic carbocycles. The third kappa shape index (κ3) is 5.14. The molecular formula is C24H22N2O3. The van der Waals surface area contributed by atoms with E-state index >= 15 is 0 Å². The summed E-state index contributed by atoms with van der Waals surface area (Å²) in [5.41, 5.74) is 2.94. The van der Waals surface area contributed by atoms with Crippen LogP contribution in [0.3, 0.4) is 0 Å². The summed E-state index contributed by atoms with van der Waals surface area (Å²) < 4.78 is 11.3. The molecule has 0 atom stereocenters. The number of rotatable bonds is 7. The third-order valence-corrected chi connectivity index (χ3v) is 4.47. The summed E-state index contributed by atoms with van der Waals surface area (Å²) in [6.07, 6.45) is 0. The average Bonchev–Trinajstić information content (AvgIpc) is 2.78. The van der Waals surface area contributed by atoms with Gasteiger partial charge in [-0.05, 0) is 41.5 Å². The van der Waals surface area contributed by atoms with E-state index in [0.717, 1.165) is 11.1 Å². The van der Waals surface area contributed by atoms with Gasteiger partial charge in [0.15, 0.2) is 11.5 Å². The third-order valence-electron chi connectivity index (χ3n) is 4.47. The predicted molar refractivity (Wildman–Crippen MR) is 111 cm³/mol. The molecule has 0 N–H and O–H groups in total. The molecule has 3 aromatic carbocycles. The lowest BCUT2D eigenvalue weighted by atomic mass is 10.1. The molecule has 146 valence electrons. The highest BCUT2D eigenvalue weighted by atomic mass is 16.5. The number of benzene rings is 3. The van der Waals surface area contributed by atoms with Gasteiger partial charge in [0.1, 0.15) is 6.61 Å². The van der Waals surface area contributed by atoms with Crippen LogP contribution < -0.4 is 9.47 Å². The second-order valence-electron chi connectivity index (χ2n) is 6.61. The Hall–Kier alpha value is -3.78. The fourth-order valence-electron chi connectivity index (χ4n) is 2.95. The fraction of sp³-hybridized carbons (Fsp3) is 0.167. The second-order valence-corrected chi connectivity index (χ2v) is 6.61. The van der Waals surface area contributed by atoms with Crippen molar-refractivity contribution in [3.05, 3.63) is 95.1 Å². The van der Waals surface area contributed by atoms with Gasteiger partial charge >= 0.3 is 0 Å². The molecule has 0 saturated carbocycles. The minimum atomic E-state index is -0.148. The molecule has 5 nitrogen and oxygen atoms in total.